The van der Waals surface area contributed by atoms with E-state index in [1.165, 1.54) is 0 Å². The van der Waals surface area contributed by atoms with Gasteiger partial charge in [-0.25, -0.2) is 0 Å². The predicted molar refractivity (Wildman–Crippen MR) is 62.2 cm³/mol. The van der Waals surface area contributed by atoms with Crippen molar-refractivity contribution in [2.24, 2.45) is 7.05 Å². The first-order valence-corrected chi connectivity index (χ1v) is 5.73. The van der Waals surface area contributed by atoms with Gasteiger partial charge in [-0.1, -0.05) is 0 Å². The summed E-state index contributed by atoms with van der Waals surface area (Å²) in [5, 5.41) is 7.69. The Bertz CT molecular complexity index is 326. The van der Waals surface area contributed by atoms with Gasteiger partial charge in [-0.15, -0.1) is 0 Å². The van der Waals surface area contributed by atoms with Crippen molar-refractivity contribution in [3.63, 3.8) is 0 Å². The molecule has 90 valence electrons. The van der Waals surface area contributed by atoms with Crippen LogP contribution in [-0.2, 0) is 18.3 Å². The van der Waals surface area contributed by atoms with Gasteiger partial charge in [0, 0.05) is 39.4 Å². The third-order valence-corrected chi connectivity index (χ3v) is 2.79. The minimum absolute atomic E-state index is 0.308. The Kier molecular flexibility index (Phi) is 3.93. The number of rotatable bonds is 4. The largest absolute Gasteiger partial charge is 0.374 e. The molecule has 1 aromatic heterocycles. The van der Waals surface area contributed by atoms with Crippen LogP contribution < -0.4 is 5.32 Å². The fraction of sp³-hybridized carbons (Fsp3) is 0.727. The second kappa shape index (κ2) is 5.43. The molecule has 1 aliphatic heterocycles. The lowest BCUT2D eigenvalue weighted by Crippen LogP contribution is -2.44. The highest BCUT2D eigenvalue weighted by molar-refractivity contribution is 4.97. The van der Waals surface area contributed by atoms with Crippen molar-refractivity contribution in [1.29, 1.82) is 0 Å². The SMILES string of the molecule is CN1CCOC(CNCc2ccn(C)n2)C1. The maximum atomic E-state index is 5.66. The maximum Gasteiger partial charge on any atom is 0.0826 e. The van der Waals surface area contributed by atoms with Gasteiger partial charge < -0.3 is 15.0 Å². The molecule has 0 aromatic carbocycles. The topological polar surface area (TPSA) is 42.3 Å². The van der Waals surface area contributed by atoms with Crippen LogP contribution in [0.25, 0.3) is 0 Å². The van der Waals surface area contributed by atoms with Crippen molar-refractivity contribution in [1.82, 2.24) is 20.0 Å². The zero-order valence-electron chi connectivity index (χ0n) is 10.0. The summed E-state index contributed by atoms with van der Waals surface area (Å²) in [4.78, 5) is 2.30. The molecule has 0 spiro atoms. The molecule has 0 amide bonds. The number of hydrogen-bond donors (Lipinski definition) is 1. The van der Waals surface area contributed by atoms with Crippen molar-refractivity contribution < 1.29 is 4.74 Å². The van der Waals surface area contributed by atoms with Gasteiger partial charge in [0.05, 0.1) is 18.4 Å². The lowest BCUT2D eigenvalue weighted by atomic mass is 10.3. The summed E-state index contributed by atoms with van der Waals surface area (Å²) in [5.74, 6) is 0. The molecule has 1 aliphatic rings. The molecule has 1 aromatic rings. The normalized spacial score (nSPS) is 22.5. The van der Waals surface area contributed by atoms with Gasteiger partial charge in [-0.2, -0.15) is 5.10 Å². The number of hydrogen-bond acceptors (Lipinski definition) is 4. The van der Waals surface area contributed by atoms with Crippen LogP contribution in [0.15, 0.2) is 12.3 Å². The molecular weight excluding hydrogens is 204 g/mol. The molecule has 2 heterocycles. The zero-order chi connectivity index (χ0) is 11.4. The molecule has 1 atom stereocenters. The number of nitrogens with one attached hydrogen (secondary N) is 1. The van der Waals surface area contributed by atoms with E-state index in [4.69, 9.17) is 4.74 Å². The van der Waals surface area contributed by atoms with E-state index in [1.54, 1.807) is 0 Å². The van der Waals surface area contributed by atoms with E-state index in [1.807, 2.05) is 24.0 Å². The highest BCUT2D eigenvalue weighted by Gasteiger charge is 2.16. The van der Waals surface area contributed by atoms with Gasteiger partial charge >= 0.3 is 0 Å². The fourth-order valence-corrected chi connectivity index (χ4v) is 1.91. The van der Waals surface area contributed by atoms with Crippen molar-refractivity contribution in [3.05, 3.63) is 18.0 Å². The second-order valence-corrected chi connectivity index (χ2v) is 4.37. The number of likely N-dealkylation sites (N-methyl/N-ethyl adjacent to an activating group) is 1. The summed E-state index contributed by atoms with van der Waals surface area (Å²) in [6.07, 6.45) is 2.27. The smallest absolute Gasteiger partial charge is 0.0826 e. The van der Waals surface area contributed by atoms with Crippen LogP contribution >= 0.6 is 0 Å². The van der Waals surface area contributed by atoms with Gasteiger partial charge in [0.2, 0.25) is 0 Å². The third kappa shape index (κ3) is 3.30. The quantitative estimate of drug-likeness (QED) is 0.772. The summed E-state index contributed by atoms with van der Waals surface area (Å²) in [5.41, 5.74) is 1.08. The molecule has 0 bridgehead atoms. The Morgan fingerprint density at radius 3 is 3.12 bits per heavy atom. The van der Waals surface area contributed by atoms with Crippen molar-refractivity contribution in [2.45, 2.75) is 12.6 Å². The van der Waals surface area contributed by atoms with Gasteiger partial charge in [0.25, 0.3) is 0 Å². The molecule has 0 saturated carbocycles. The lowest BCUT2D eigenvalue weighted by Gasteiger charge is -2.30. The molecule has 16 heavy (non-hydrogen) atoms. The van der Waals surface area contributed by atoms with Crippen LogP contribution in [0.3, 0.4) is 0 Å². The first-order valence-electron chi connectivity index (χ1n) is 5.73. The predicted octanol–water partition coefficient (Wildman–Crippen LogP) is -0.160. The molecule has 1 saturated heterocycles. The number of aromatic nitrogens is 2. The van der Waals surface area contributed by atoms with E-state index in [-0.39, 0.29) is 0 Å². The van der Waals surface area contributed by atoms with E-state index < -0.39 is 0 Å². The molecule has 2 rings (SSSR count). The number of nitrogens with zero attached hydrogens (tertiary/aromatic N) is 3. The van der Waals surface area contributed by atoms with E-state index in [0.717, 1.165) is 38.5 Å². The van der Waals surface area contributed by atoms with Crippen molar-refractivity contribution >= 4 is 0 Å². The van der Waals surface area contributed by atoms with Gasteiger partial charge in [-0.05, 0) is 13.1 Å². The van der Waals surface area contributed by atoms with Crippen LogP contribution in [0.4, 0.5) is 0 Å². The second-order valence-electron chi connectivity index (χ2n) is 4.37. The van der Waals surface area contributed by atoms with Crippen molar-refractivity contribution in [3.8, 4) is 0 Å². The molecule has 5 nitrogen and oxygen atoms in total. The van der Waals surface area contributed by atoms with Gasteiger partial charge in [0.1, 0.15) is 0 Å². The Hall–Kier alpha value is -0.910. The average molecular weight is 224 g/mol. The standard InChI is InChI=1S/C11H20N4O/c1-14-5-6-16-11(9-14)8-12-7-10-3-4-15(2)13-10/h3-4,11-12H,5-9H2,1-2H3. The first-order chi connectivity index (χ1) is 7.74. The Balaban J connectivity index is 1.67. The van der Waals surface area contributed by atoms with Crippen LogP contribution in [0.5, 0.6) is 0 Å². The third-order valence-electron chi connectivity index (χ3n) is 2.79. The summed E-state index contributed by atoms with van der Waals surface area (Å²) < 4.78 is 7.48. The summed E-state index contributed by atoms with van der Waals surface area (Å²) in [6.45, 7) is 4.59. The average Bonchev–Trinajstić information content (AvgIpc) is 2.64. The highest BCUT2D eigenvalue weighted by atomic mass is 16.5. The van der Waals surface area contributed by atoms with Gasteiger partial charge in [-0.3, -0.25) is 4.68 Å². The lowest BCUT2D eigenvalue weighted by molar-refractivity contribution is -0.0182. The fourth-order valence-electron chi connectivity index (χ4n) is 1.91. The first kappa shape index (κ1) is 11.6. The zero-order valence-corrected chi connectivity index (χ0v) is 10.0. The Morgan fingerprint density at radius 1 is 1.56 bits per heavy atom. The Labute approximate surface area is 96.4 Å². The molecule has 1 unspecified atom stereocenters. The molecular formula is C11H20N4O. The van der Waals surface area contributed by atoms with E-state index in [9.17, 15) is 0 Å². The van der Waals surface area contributed by atoms with Crippen LogP contribution in [0.2, 0.25) is 0 Å². The molecule has 1 fully saturated rings. The van der Waals surface area contributed by atoms with Crippen LogP contribution in [-0.4, -0.2) is 54.1 Å². The monoisotopic (exact) mass is 224 g/mol. The van der Waals surface area contributed by atoms with E-state index in [2.05, 4.69) is 22.4 Å². The number of morpholine rings is 1. The summed E-state index contributed by atoms with van der Waals surface area (Å²) >= 11 is 0. The highest BCUT2D eigenvalue weighted by Crippen LogP contribution is 2.02. The minimum atomic E-state index is 0.308. The molecule has 5 heteroatoms. The van der Waals surface area contributed by atoms with E-state index >= 15 is 0 Å². The number of aryl methyl sites for hydroxylation is 1. The number of ether oxygens (including phenoxy) is 1. The summed E-state index contributed by atoms with van der Waals surface area (Å²) in [7, 11) is 4.07. The molecule has 0 aliphatic carbocycles. The van der Waals surface area contributed by atoms with Crippen LogP contribution in [0.1, 0.15) is 5.69 Å². The Morgan fingerprint density at radius 2 is 2.44 bits per heavy atom. The van der Waals surface area contributed by atoms with E-state index in [0.29, 0.717) is 6.10 Å². The maximum absolute atomic E-state index is 5.66. The van der Waals surface area contributed by atoms with Gasteiger partial charge in [0.15, 0.2) is 0 Å². The van der Waals surface area contributed by atoms with Crippen molar-refractivity contribution in [2.75, 3.05) is 33.3 Å². The van der Waals surface area contributed by atoms with Crippen LogP contribution in [0, 0.1) is 0 Å². The molecule has 1 N–H and O–H groups in total. The molecule has 0 radical (unpaired) electrons. The summed E-state index contributed by atoms with van der Waals surface area (Å²) in [6, 6.07) is 2.03. The minimum Gasteiger partial charge on any atom is -0.374 e.